The van der Waals surface area contributed by atoms with Crippen molar-refractivity contribution in [1.29, 1.82) is 0 Å². The predicted octanol–water partition coefficient (Wildman–Crippen LogP) is 0.933. The minimum absolute atomic E-state index is 0.245. The van der Waals surface area contributed by atoms with Gasteiger partial charge in [-0.3, -0.25) is 4.57 Å². The van der Waals surface area contributed by atoms with Crippen LogP contribution >= 0.6 is 10.7 Å². The lowest BCUT2D eigenvalue weighted by Gasteiger charge is -2.10. The fourth-order valence-electron chi connectivity index (χ4n) is 1.18. The first-order chi connectivity index (χ1) is 6.91. The molecule has 0 fully saturated rings. The molecule has 1 unspecified atom stereocenters. The van der Waals surface area contributed by atoms with Crippen LogP contribution in [0, 0.1) is 0 Å². The lowest BCUT2D eigenvalue weighted by atomic mass is 10.4. The zero-order chi connectivity index (χ0) is 11.6. The van der Waals surface area contributed by atoms with E-state index in [-0.39, 0.29) is 11.3 Å². The molecule has 0 aliphatic heterocycles. The lowest BCUT2D eigenvalue weighted by Crippen LogP contribution is -2.11. The normalized spacial score (nSPS) is 14.1. The molecule has 8 heteroatoms. The van der Waals surface area contributed by atoms with Crippen molar-refractivity contribution >= 4 is 19.7 Å². The molecule has 1 aromatic rings. The third kappa shape index (κ3) is 2.47. The quantitative estimate of drug-likeness (QED) is 0.747. The van der Waals surface area contributed by atoms with Crippen LogP contribution in [0.3, 0.4) is 0 Å². The van der Waals surface area contributed by atoms with Gasteiger partial charge in [0.25, 0.3) is 14.2 Å². The van der Waals surface area contributed by atoms with E-state index in [1.165, 1.54) is 11.7 Å². The topological polar surface area (TPSA) is 74.1 Å². The Balaban J connectivity index is 3.30. The Labute approximate surface area is 92.6 Å². The van der Waals surface area contributed by atoms with Crippen molar-refractivity contribution < 1.29 is 13.2 Å². The van der Waals surface area contributed by atoms with Crippen molar-refractivity contribution in [2.24, 2.45) is 0 Å². The maximum Gasteiger partial charge on any atom is 0.296 e. The molecule has 15 heavy (non-hydrogen) atoms. The number of hydrogen-bond acceptors (Lipinski definition) is 5. The van der Waals surface area contributed by atoms with E-state index in [1.807, 2.05) is 0 Å². The van der Waals surface area contributed by atoms with Gasteiger partial charge in [0.2, 0.25) is 0 Å². The largest absolute Gasteiger partial charge is 0.374 e. The first kappa shape index (κ1) is 12.4. The standard InChI is InChI=1S/C7H12ClN3O3S/c1-4-11-6(5(2)14-3)9-10-7(11)15(8,12)13/h5H,4H2,1-3H3. The molecule has 0 bridgehead atoms. The van der Waals surface area contributed by atoms with Crippen molar-refractivity contribution in [1.82, 2.24) is 14.8 Å². The Morgan fingerprint density at radius 3 is 2.53 bits per heavy atom. The summed E-state index contributed by atoms with van der Waals surface area (Å²) in [7, 11) is 2.86. The molecule has 1 aromatic heterocycles. The summed E-state index contributed by atoms with van der Waals surface area (Å²) in [6.07, 6.45) is -0.329. The van der Waals surface area contributed by atoms with E-state index in [2.05, 4.69) is 10.2 Å². The smallest absolute Gasteiger partial charge is 0.296 e. The Kier molecular flexibility index (Phi) is 3.69. The van der Waals surface area contributed by atoms with Gasteiger partial charge >= 0.3 is 0 Å². The van der Waals surface area contributed by atoms with Gasteiger partial charge in [0, 0.05) is 24.3 Å². The van der Waals surface area contributed by atoms with Crippen LogP contribution in [-0.2, 0) is 20.3 Å². The van der Waals surface area contributed by atoms with Gasteiger partial charge in [0.1, 0.15) is 6.10 Å². The first-order valence-corrected chi connectivity index (χ1v) is 6.63. The van der Waals surface area contributed by atoms with Gasteiger partial charge in [0.15, 0.2) is 5.82 Å². The first-order valence-electron chi connectivity index (χ1n) is 4.32. The van der Waals surface area contributed by atoms with Crippen LogP contribution < -0.4 is 0 Å². The van der Waals surface area contributed by atoms with Gasteiger partial charge in [-0.05, 0) is 13.8 Å². The molecule has 86 valence electrons. The molecular weight excluding hydrogens is 242 g/mol. The van der Waals surface area contributed by atoms with Crippen molar-refractivity contribution in [3.8, 4) is 0 Å². The molecule has 6 nitrogen and oxygen atoms in total. The molecule has 0 aliphatic carbocycles. The monoisotopic (exact) mass is 253 g/mol. The van der Waals surface area contributed by atoms with E-state index >= 15 is 0 Å². The van der Waals surface area contributed by atoms with Crippen LogP contribution in [0.25, 0.3) is 0 Å². The third-order valence-corrected chi connectivity index (χ3v) is 3.15. The number of hydrogen-bond donors (Lipinski definition) is 0. The van der Waals surface area contributed by atoms with Crippen molar-refractivity contribution in [3.63, 3.8) is 0 Å². The Bertz CT molecular complexity index is 442. The van der Waals surface area contributed by atoms with Gasteiger partial charge in [-0.25, -0.2) is 8.42 Å². The van der Waals surface area contributed by atoms with E-state index in [1.54, 1.807) is 13.8 Å². The lowest BCUT2D eigenvalue weighted by molar-refractivity contribution is 0.108. The maximum absolute atomic E-state index is 11.1. The number of nitrogens with zero attached hydrogens (tertiary/aromatic N) is 3. The zero-order valence-corrected chi connectivity index (χ0v) is 10.2. The van der Waals surface area contributed by atoms with Gasteiger partial charge in [-0.15, -0.1) is 10.2 Å². The van der Waals surface area contributed by atoms with Crippen molar-refractivity contribution in [3.05, 3.63) is 5.82 Å². The Hall–Kier alpha value is -0.660. The highest BCUT2D eigenvalue weighted by atomic mass is 35.7. The number of ether oxygens (including phenoxy) is 1. The van der Waals surface area contributed by atoms with E-state index in [9.17, 15) is 8.42 Å². The summed E-state index contributed by atoms with van der Waals surface area (Å²) in [5.74, 6) is 0.444. The molecule has 0 saturated carbocycles. The molecule has 0 amide bonds. The predicted molar refractivity (Wildman–Crippen MR) is 54.2 cm³/mol. The average Bonchev–Trinajstić information content (AvgIpc) is 2.59. The molecule has 0 N–H and O–H groups in total. The van der Waals surface area contributed by atoms with Gasteiger partial charge in [-0.2, -0.15) is 0 Å². The summed E-state index contributed by atoms with van der Waals surface area (Å²) in [6, 6.07) is 0. The van der Waals surface area contributed by atoms with Gasteiger partial charge in [0.05, 0.1) is 0 Å². The number of aromatic nitrogens is 3. The SMILES string of the molecule is CCn1c(C(C)OC)nnc1S(=O)(=O)Cl. The average molecular weight is 254 g/mol. The number of methoxy groups -OCH3 is 1. The Morgan fingerprint density at radius 1 is 1.53 bits per heavy atom. The van der Waals surface area contributed by atoms with E-state index in [0.29, 0.717) is 12.4 Å². The van der Waals surface area contributed by atoms with Crippen LogP contribution in [0.1, 0.15) is 25.8 Å². The summed E-state index contributed by atoms with van der Waals surface area (Å²) in [6.45, 7) is 3.94. The minimum atomic E-state index is -3.86. The highest BCUT2D eigenvalue weighted by molar-refractivity contribution is 8.13. The van der Waals surface area contributed by atoms with Crippen molar-refractivity contribution in [2.75, 3.05) is 7.11 Å². The second kappa shape index (κ2) is 4.46. The summed E-state index contributed by atoms with van der Waals surface area (Å²) in [5, 5.41) is 7.04. The molecule has 0 aliphatic rings. The number of rotatable bonds is 4. The fraction of sp³-hybridized carbons (Fsp3) is 0.714. The highest BCUT2D eigenvalue weighted by Gasteiger charge is 2.24. The second-order valence-corrected chi connectivity index (χ2v) is 5.36. The second-order valence-electron chi connectivity index (χ2n) is 2.90. The summed E-state index contributed by atoms with van der Waals surface area (Å²) < 4.78 is 28.7. The van der Waals surface area contributed by atoms with E-state index in [4.69, 9.17) is 15.4 Å². The number of halogens is 1. The Morgan fingerprint density at radius 2 is 2.13 bits per heavy atom. The van der Waals surface area contributed by atoms with E-state index < -0.39 is 9.05 Å². The highest BCUT2D eigenvalue weighted by Crippen LogP contribution is 2.19. The molecular formula is C7H12ClN3O3S. The van der Waals surface area contributed by atoms with Crippen LogP contribution in [0.2, 0.25) is 0 Å². The molecule has 0 spiro atoms. The molecule has 0 radical (unpaired) electrons. The van der Waals surface area contributed by atoms with Gasteiger partial charge in [-0.1, -0.05) is 0 Å². The minimum Gasteiger partial charge on any atom is -0.374 e. The molecule has 0 aromatic carbocycles. The molecule has 1 atom stereocenters. The zero-order valence-electron chi connectivity index (χ0n) is 8.64. The summed E-state index contributed by atoms with van der Waals surface area (Å²) in [5.41, 5.74) is 0. The summed E-state index contributed by atoms with van der Waals surface area (Å²) >= 11 is 0. The van der Waals surface area contributed by atoms with Crippen molar-refractivity contribution in [2.45, 2.75) is 31.7 Å². The third-order valence-electron chi connectivity index (χ3n) is 2.00. The summed E-state index contributed by atoms with van der Waals surface area (Å²) in [4.78, 5) is 0. The van der Waals surface area contributed by atoms with Crippen LogP contribution in [0.15, 0.2) is 5.16 Å². The van der Waals surface area contributed by atoms with Crippen LogP contribution in [0.4, 0.5) is 0 Å². The molecule has 1 heterocycles. The van der Waals surface area contributed by atoms with Crippen LogP contribution in [0.5, 0.6) is 0 Å². The molecule has 1 rings (SSSR count). The van der Waals surface area contributed by atoms with Crippen LogP contribution in [-0.4, -0.2) is 30.3 Å². The fourth-order valence-corrected chi connectivity index (χ4v) is 2.15. The maximum atomic E-state index is 11.1. The van der Waals surface area contributed by atoms with E-state index in [0.717, 1.165) is 0 Å². The molecule has 0 saturated heterocycles. The van der Waals surface area contributed by atoms with Gasteiger partial charge < -0.3 is 4.74 Å².